The molecule has 0 bridgehead atoms. The van der Waals surface area contributed by atoms with Gasteiger partial charge in [0.15, 0.2) is 0 Å². The third-order valence-electron chi connectivity index (χ3n) is 3.96. The molecule has 132 valence electrons. The maximum atomic E-state index is 11.8. The van der Waals surface area contributed by atoms with Crippen molar-refractivity contribution in [2.45, 2.75) is 26.4 Å². The van der Waals surface area contributed by atoms with Gasteiger partial charge in [0.25, 0.3) is 0 Å². The van der Waals surface area contributed by atoms with E-state index in [0.717, 1.165) is 16.7 Å². The first-order valence-electron chi connectivity index (χ1n) is 7.96. The summed E-state index contributed by atoms with van der Waals surface area (Å²) in [5.74, 6) is -0.0937. The highest BCUT2D eigenvalue weighted by Crippen LogP contribution is 2.23. The zero-order chi connectivity index (χ0) is 17.5. The van der Waals surface area contributed by atoms with Crippen LogP contribution in [-0.4, -0.2) is 19.1 Å². The van der Waals surface area contributed by atoms with E-state index in [9.17, 15) is 10.1 Å². The molecule has 1 atom stereocenters. The zero-order valence-electron chi connectivity index (χ0n) is 14.7. The average Bonchev–Trinajstić information content (AvgIpc) is 2.61. The number of carbonyl (C=O) groups excluding carboxylic acids is 1. The molecular formula is C20H23ClN2O2. The summed E-state index contributed by atoms with van der Waals surface area (Å²) >= 11 is 0. The number of esters is 1. The largest absolute Gasteiger partial charge is 0.468 e. The molecule has 2 rings (SSSR count). The third kappa shape index (κ3) is 5.32. The maximum absolute atomic E-state index is 11.8. The zero-order valence-corrected chi connectivity index (χ0v) is 15.5. The van der Waals surface area contributed by atoms with Gasteiger partial charge in [-0.15, -0.1) is 12.4 Å². The SMILES string of the molecule is COC(=O)C(NCc1ccc(-c2ccccc2C#N)cc1)C(C)C.Cl. The van der Waals surface area contributed by atoms with Crippen molar-refractivity contribution < 1.29 is 9.53 Å². The van der Waals surface area contributed by atoms with Crippen LogP contribution in [-0.2, 0) is 16.1 Å². The number of nitriles is 1. The Morgan fingerprint density at radius 3 is 2.36 bits per heavy atom. The highest BCUT2D eigenvalue weighted by atomic mass is 35.5. The predicted molar refractivity (Wildman–Crippen MR) is 101 cm³/mol. The summed E-state index contributed by atoms with van der Waals surface area (Å²) < 4.78 is 4.83. The van der Waals surface area contributed by atoms with Crippen LogP contribution < -0.4 is 5.32 Å². The van der Waals surface area contributed by atoms with Crippen molar-refractivity contribution in [3.8, 4) is 17.2 Å². The summed E-state index contributed by atoms with van der Waals surface area (Å²) in [6.07, 6.45) is 0. The van der Waals surface area contributed by atoms with E-state index in [2.05, 4.69) is 11.4 Å². The van der Waals surface area contributed by atoms with Crippen LogP contribution in [0.4, 0.5) is 0 Å². The van der Waals surface area contributed by atoms with Crippen LogP contribution in [0.5, 0.6) is 0 Å². The minimum Gasteiger partial charge on any atom is -0.468 e. The number of nitrogens with one attached hydrogen (secondary N) is 1. The standard InChI is InChI=1S/C20H22N2O2.ClH/c1-14(2)19(20(23)24-3)22-13-15-8-10-16(11-9-15)18-7-5-4-6-17(18)12-21;/h4-11,14,19,22H,13H2,1-3H3;1H. The van der Waals surface area contributed by atoms with Crippen LogP contribution in [0.3, 0.4) is 0 Å². The van der Waals surface area contributed by atoms with Crippen LogP contribution in [0, 0.1) is 17.2 Å². The van der Waals surface area contributed by atoms with Crippen molar-refractivity contribution in [1.29, 1.82) is 5.26 Å². The third-order valence-corrected chi connectivity index (χ3v) is 3.96. The molecule has 0 aliphatic heterocycles. The van der Waals surface area contributed by atoms with Gasteiger partial charge < -0.3 is 10.1 Å². The first-order chi connectivity index (χ1) is 11.6. The van der Waals surface area contributed by atoms with Gasteiger partial charge in [-0.3, -0.25) is 4.79 Å². The van der Waals surface area contributed by atoms with E-state index in [4.69, 9.17) is 4.74 Å². The second-order valence-electron chi connectivity index (χ2n) is 5.98. The van der Waals surface area contributed by atoms with E-state index >= 15 is 0 Å². The minimum atomic E-state index is -0.325. The van der Waals surface area contributed by atoms with Crippen molar-refractivity contribution in [3.63, 3.8) is 0 Å². The fourth-order valence-corrected chi connectivity index (χ4v) is 2.58. The van der Waals surface area contributed by atoms with E-state index in [1.54, 1.807) is 0 Å². The van der Waals surface area contributed by atoms with Gasteiger partial charge in [-0.25, -0.2) is 0 Å². The van der Waals surface area contributed by atoms with Crippen molar-refractivity contribution in [1.82, 2.24) is 5.32 Å². The van der Waals surface area contributed by atoms with Gasteiger partial charge in [0, 0.05) is 6.54 Å². The Labute approximate surface area is 155 Å². The number of nitrogens with zero attached hydrogens (tertiary/aromatic N) is 1. The van der Waals surface area contributed by atoms with Gasteiger partial charge in [0.1, 0.15) is 6.04 Å². The number of halogens is 1. The predicted octanol–water partition coefficient (Wildman–Crippen LogP) is 3.93. The number of benzene rings is 2. The Hall–Kier alpha value is -2.35. The summed E-state index contributed by atoms with van der Waals surface area (Å²) in [7, 11) is 1.40. The van der Waals surface area contributed by atoms with Crippen LogP contribution in [0.15, 0.2) is 48.5 Å². The molecule has 0 heterocycles. The molecule has 0 aliphatic carbocycles. The van der Waals surface area contributed by atoms with Gasteiger partial charge in [0.05, 0.1) is 18.7 Å². The molecule has 0 saturated heterocycles. The Bertz CT molecular complexity index is 736. The van der Waals surface area contributed by atoms with Gasteiger partial charge in [-0.05, 0) is 28.7 Å². The van der Waals surface area contributed by atoms with E-state index in [-0.39, 0.29) is 30.3 Å². The van der Waals surface area contributed by atoms with Crippen LogP contribution in [0.2, 0.25) is 0 Å². The molecule has 0 fully saturated rings. The van der Waals surface area contributed by atoms with E-state index in [1.807, 2.05) is 62.4 Å². The molecule has 1 unspecified atom stereocenters. The lowest BCUT2D eigenvalue weighted by molar-refractivity contribution is -0.144. The van der Waals surface area contributed by atoms with Crippen molar-refractivity contribution in [2.75, 3.05) is 7.11 Å². The molecule has 2 aromatic rings. The average molecular weight is 359 g/mol. The summed E-state index contributed by atoms with van der Waals surface area (Å²) in [6, 6.07) is 17.4. The van der Waals surface area contributed by atoms with Crippen molar-refractivity contribution in [2.24, 2.45) is 5.92 Å². The Kier molecular flexibility index (Phi) is 8.13. The lowest BCUT2D eigenvalue weighted by atomic mass is 9.99. The van der Waals surface area contributed by atoms with Crippen LogP contribution >= 0.6 is 12.4 Å². The molecule has 0 amide bonds. The number of rotatable bonds is 6. The Morgan fingerprint density at radius 1 is 1.16 bits per heavy atom. The fourth-order valence-electron chi connectivity index (χ4n) is 2.58. The van der Waals surface area contributed by atoms with E-state index in [1.165, 1.54) is 7.11 Å². The molecule has 0 aliphatic rings. The number of carbonyl (C=O) groups is 1. The fraction of sp³-hybridized carbons (Fsp3) is 0.300. The van der Waals surface area contributed by atoms with Crippen molar-refractivity contribution >= 4 is 18.4 Å². The highest BCUT2D eigenvalue weighted by molar-refractivity contribution is 5.85. The highest BCUT2D eigenvalue weighted by Gasteiger charge is 2.21. The summed E-state index contributed by atoms with van der Waals surface area (Å²) in [5, 5.41) is 12.4. The van der Waals surface area contributed by atoms with Crippen molar-refractivity contribution in [3.05, 3.63) is 59.7 Å². The number of methoxy groups -OCH3 is 1. The second kappa shape index (κ2) is 9.83. The minimum absolute atomic E-state index is 0. The molecule has 5 heteroatoms. The maximum Gasteiger partial charge on any atom is 0.323 e. The van der Waals surface area contributed by atoms with E-state index < -0.39 is 0 Å². The van der Waals surface area contributed by atoms with E-state index in [0.29, 0.717) is 12.1 Å². The molecule has 0 radical (unpaired) electrons. The van der Waals surface area contributed by atoms with Gasteiger partial charge >= 0.3 is 5.97 Å². The smallest absolute Gasteiger partial charge is 0.323 e. The molecule has 0 spiro atoms. The van der Waals surface area contributed by atoms with Crippen LogP contribution in [0.25, 0.3) is 11.1 Å². The Balaban J connectivity index is 0.00000312. The Morgan fingerprint density at radius 2 is 1.80 bits per heavy atom. The number of hydrogen-bond acceptors (Lipinski definition) is 4. The molecular weight excluding hydrogens is 336 g/mol. The quantitative estimate of drug-likeness (QED) is 0.794. The molecule has 25 heavy (non-hydrogen) atoms. The molecule has 2 aromatic carbocycles. The summed E-state index contributed by atoms with van der Waals surface area (Å²) in [6.45, 7) is 4.55. The van der Waals surface area contributed by atoms with Gasteiger partial charge in [0.2, 0.25) is 0 Å². The normalized spacial score (nSPS) is 11.3. The molecule has 4 nitrogen and oxygen atoms in total. The van der Waals surface area contributed by atoms with Gasteiger partial charge in [-0.2, -0.15) is 5.26 Å². The second-order valence-corrected chi connectivity index (χ2v) is 5.98. The molecule has 0 aromatic heterocycles. The summed E-state index contributed by atoms with van der Waals surface area (Å²) in [5.41, 5.74) is 3.66. The molecule has 0 saturated carbocycles. The lowest BCUT2D eigenvalue weighted by Gasteiger charge is -2.20. The topological polar surface area (TPSA) is 62.1 Å². The lowest BCUT2D eigenvalue weighted by Crippen LogP contribution is -2.41. The molecule has 1 N–H and O–H groups in total. The number of hydrogen-bond donors (Lipinski definition) is 1. The first kappa shape index (κ1) is 20.7. The first-order valence-corrected chi connectivity index (χ1v) is 7.96. The summed E-state index contributed by atoms with van der Waals surface area (Å²) in [4.78, 5) is 11.8. The monoisotopic (exact) mass is 358 g/mol. The van der Waals surface area contributed by atoms with Crippen LogP contribution in [0.1, 0.15) is 25.0 Å². The van der Waals surface area contributed by atoms with Gasteiger partial charge in [-0.1, -0.05) is 56.3 Å². The number of ether oxygens (including phenoxy) is 1.